The van der Waals surface area contributed by atoms with Crippen molar-refractivity contribution in [1.82, 2.24) is 0 Å². The molecule has 0 spiro atoms. The molecule has 0 radical (unpaired) electrons. The number of carbonyl (C=O) groups is 1. The van der Waals surface area contributed by atoms with Crippen molar-refractivity contribution in [2.24, 2.45) is 0 Å². The van der Waals surface area contributed by atoms with E-state index in [2.05, 4.69) is 21.2 Å². The quantitative estimate of drug-likeness (QED) is 0.919. The van der Waals surface area contributed by atoms with Crippen LogP contribution in [0.2, 0.25) is 0 Å². The summed E-state index contributed by atoms with van der Waals surface area (Å²) in [5.74, 6) is 1.21. The van der Waals surface area contributed by atoms with Gasteiger partial charge in [-0.2, -0.15) is 0 Å². The van der Waals surface area contributed by atoms with Crippen LogP contribution >= 0.6 is 27.3 Å². The normalized spacial score (nSPS) is 12.5. The monoisotopic (exact) mass is 325 g/mol. The van der Waals surface area contributed by atoms with E-state index in [0.29, 0.717) is 22.7 Å². The smallest absolute Gasteiger partial charge is 0.256 e. The molecule has 1 aromatic heterocycles. The van der Waals surface area contributed by atoms with Gasteiger partial charge in [-0.3, -0.25) is 4.79 Å². The predicted molar refractivity (Wildman–Crippen MR) is 72.5 cm³/mol. The highest BCUT2D eigenvalue weighted by atomic mass is 79.9. The molecule has 1 aromatic carbocycles. The Morgan fingerprint density at radius 3 is 2.89 bits per heavy atom. The molecule has 0 saturated heterocycles. The Hall–Kier alpha value is -1.53. The van der Waals surface area contributed by atoms with Crippen LogP contribution in [0.4, 0.5) is 5.69 Å². The zero-order chi connectivity index (χ0) is 12.5. The fourth-order valence-electron chi connectivity index (χ4n) is 1.61. The van der Waals surface area contributed by atoms with Crippen molar-refractivity contribution >= 4 is 38.9 Å². The standard InChI is InChI=1S/C12H8BrNO3S/c13-11-3-7(5-18-11)12(15)14-8-1-2-9-10(4-8)17-6-16-9/h1-5H,6H2,(H,14,15). The molecule has 0 atom stereocenters. The fourth-order valence-corrected chi connectivity index (χ4v) is 2.74. The van der Waals surface area contributed by atoms with Gasteiger partial charge >= 0.3 is 0 Å². The Bertz CT molecular complexity index is 611. The minimum Gasteiger partial charge on any atom is -0.454 e. The molecule has 0 bridgehead atoms. The number of hydrogen-bond acceptors (Lipinski definition) is 4. The van der Waals surface area contributed by atoms with Crippen LogP contribution in [0.5, 0.6) is 11.5 Å². The molecule has 18 heavy (non-hydrogen) atoms. The molecule has 6 heteroatoms. The van der Waals surface area contributed by atoms with Crippen molar-refractivity contribution < 1.29 is 14.3 Å². The molecule has 1 aliphatic rings. The molecular formula is C12H8BrNO3S. The first-order chi connectivity index (χ1) is 8.72. The lowest BCUT2D eigenvalue weighted by Crippen LogP contribution is -2.10. The van der Waals surface area contributed by atoms with E-state index < -0.39 is 0 Å². The van der Waals surface area contributed by atoms with Gasteiger partial charge in [0.1, 0.15) is 0 Å². The van der Waals surface area contributed by atoms with Crippen LogP contribution in [0.3, 0.4) is 0 Å². The van der Waals surface area contributed by atoms with Gasteiger partial charge in [0.2, 0.25) is 6.79 Å². The summed E-state index contributed by atoms with van der Waals surface area (Å²) in [6.07, 6.45) is 0. The molecule has 4 nitrogen and oxygen atoms in total. The number of amides is 1. The minimum atomic E-state index is -0.143. The van der Waals surface area contributed by atoms with Crippen LogP contribution < -0.4 is 14.8 Å². The van der Waals surface area contributed by atoms with Crippen LogP contribution in [0, 0.1) is 0 Å². The number of halogens is 1. The number of fused-ring (bicyclic) bond motifs is 1. The Labute approximate surface area is 116 Å². The summed E-state index contributed by atoms with van der Waals surface area (Å²) >= 11 is 4.80. The maximum Gasteiger partial charge on any atom is 0.256 e. The summed E-state index contributed by atoms with van der Waals surface area (Å²) in [6, 6.07) is 7.10. The molecule has 3 rings (SSSR count). The number of nitrogens with one attached hydrogen (secondary N) is 1. The Balaban J connectivity index is 1.78. The molecule has 92 valence electrons. The Morgan fingerprint density at radius 1 is 1.28 bits per heavy atom. The van der Waals surface area contributed by atoms with Crippen LogP contribution in [0.1, 0.15) is 10.4 Å². The summed E-state index contributed by atoms with van der Waals surface area (Å²) in [5.41, 5.74) is 1.32. The van der Waals surface area contributed by atoms with E-state index in [1.807, 2.05) is 0 Å². The lowest BCUT2D eigenvalue weighted by atomic mass is 10.2. The van der Waals surface area contributed by atoms with E-state index in [1.54, 1.807) is 29.6 Å². The van der Waals surface area contributed by atoms with Crippen LogP contribution in [0.25, 0.3) is 0 Å². The van der Waals surface area contributed by atoms with Gasteiger partial charge in [0.05, 0.1) is 9.35 Å². The Morgan fingerprint density at radius 2 is 2.11 bits per heavy atom. The highest BCUT2D eigenvalue weighted by Gasteiger charge is 2.15. The number of benzene rings is 1. The molecule has 0 fully saturated rings. The Kier molecular flexibility index (Phi) is 2.97. The summed E-state index contributed by atoms with van der Waals surface area (Å²) in [5, 5.41) is 4.61. The van der Waals surface area contributed by atoms with Crippen molar-refractivity contribution in [3.8, 4) is 11.5 Å². The van der Waals surface area contributed by atoms with E-state index >= 15 is 0 Å². The van der Waals surface area contributed by atoms with Gasteiger partial charge in [-0.05, 0) is 34.1 Å². The van der Waals surface area contributed by atoms with Crippen molar-refractivity contribution in [1.29, 1.82) is 0 Å². The number of hydrogen-bond donors (Lipinski definition) is 1. The van der Waals surface area contributed by atoms with Gasteiger partial charge in [0, 0.05) is 17.1 Å². The van der Waals surface area contributed by atoms with Gasteiger partial charge < -0.3 is 14.8 Å². The highest BCUT2D eigenvalue weighted by molar-refractivity contribution is 9.11. The second-order valence-electron chi connectivity index (χ2n) is 3.66. The van der Waals surface area contributed by atoms with Gasteiger partial charge in [-0.15, -0.1) is 11.3 Å². The number of rotatable bonds is 2. The van der Waals surface area contributed by atoms with Crippen molar-refractivity contribution in [3.05, 3.63) is 39.0 Å². The topological polar surface area (TPSA) is 47.6 Å². The van der Waals surface area contributed by atoms with Gasteiger partial charge in [-0.25, -0.2) is 0 Å². The second-order valence-corrected chi connectivity index (χ2v) is 5.95. The van der Waals surface area contributed by atoms with E-state index in [9.17, 15) is 4.79 Å². The SMILES string of the molecule is O=C(Nc1ccc2c(c1)OCO2)c1csc(Br)c1. The van der Waals surface area contributed by atoms with Crippen molar-refractivity contribution in [2.75, 3.05) is 12.1 Å². The van der Waals surface area contributed by atoms with E-state index in [0.717, 1.165) is 3.79 Å². The van der Waals surface area contributed by atoms with E-state index in [4.69, 9.17) is 9.47 Å². The number of carbonyl (C=O) groups excluding carboxylic acids is 1. The van der Waals surface area contributed by atoms with Gasteiger partial charge in [0.25, 0.3) is 5.91 Å². The summed E-state index contributed by atoms with van der Waals surface area (Å²) in [6.45, 7) is 0.226. The third-order valence-corrected chi connectivity index (χ3v) is 3.96. The zero-order valence-corrected chi connectivity index (χ0v) is 11.5. The number of ether oxygens (including phenoxy) is 2. The molecular weight excluding hydrogens is 318 g/mol. The van der Waals surface area contributed by atoms with Crippen LogP contribution in [0.15, 0.2) is 33.4 Å². The van der Waals surface area contributed by atoms with E-state index in [1.165, 1.54) is 11.3 Å². The largest absolute Gasteiger partial charge is 0.454 e. The maximum absolute atomic E-state index is 11.9. The first-order valence-corrected chi connectivity index (χ1v) is 6.85. The number of anilines is 1. The van der Waals surface area contributed by atoms with Crippen LogP contribution in [-0.4, -0.2) is 12.7 Å². The molecule has 1 aliphatic heterocycles. The highest BCUT2D eigenvalue weighted by Crippen LogP contribution is 2.34. The van der Waals surface area contributed by atoms with E-state index in [-0.39, 0.29) is 12.7 Å². The van der Waals surface area contributed by atoms with Crippen LogP contribution in [-0.2, 0) is 0 Å². The summed E-state index contributed by atoms with van der Waals surface area (Å²) in [4.78, 5) is 11.9. The molecule has 2 aromatic rings. The molecule has 0 aliphatic carbocycles. The number of thiophene rings is 1. The molecule has 0 unspecified atom stereocenters. The molecule has 1 amide bonds. The second kappa shape index (κ2) is 4.62. The zero-order valence-electron chi connectivity index (χ0n) is 9.10. The predicted octanol–water partition coefficient (Wildman–Crippen LogP) is 3.49. The van der Waals surface area contributed by atoms with Crippen molar-refractivity contribution in [3.63, 3.8) is 0 Å². The lowest BCUT2D eigenvalue weighted by molar-refractivity contribution is 0.102. The molecule has 0 saturated carbocycles. The summed E-state index contributed by atoms with van der Waals surface area (Å²) in [7, 11) is 0. The lowest BCUT2D eigenvalue weighted by Gasteiger charge is -2.04. The maximum atomic E-state index is 11.9. The first-order valence-electron chi connectivity index (χ1n) is 5.17. The fraction of sp³-hybridized carbons (Fsp3) is 0.0833. The summed E-state index contributed by atoms with van der Waals surface area (Å²) < 4.78 is 11.4. The molecule has 1 N–H and O–H groups in total. The van der Waals surface area contributed by atoms with Gasteiger partial charge in [0.15, 0.2) is 11.5 Å². The average molecular weight is 326 g/mol. The third kappa shape index (κ3) is 2.21. The molecule has 2 heterocycles. The van der Waals surface area contributed by atoms with Gasteiger partial charge in [-0.1, -0.05) is 0 Å². The average Bonchev–Trinajstić information content (AvgIpc) is 2.96. The third-order valence-electron chi connectivity index (χ3n) is 2.46. The first kappa shape index (κ1) is 11.6. The van der Waals surface area contributed by atoms with Crippen molar-refractivity contribution in [2.45, 2.75) is 0 Å². The minimum absolute atomic E-state index is 0.143.